The third kappa shape index (κ3) is 6.96. The second-order valence-electron chi connectivity index (χ2n) is 5.63. The predicted octanol–water partition coefficient (Wildman–Crippen LogP) is 4.52. The summed E-state index contributed by atoms with van der Waals surface area (Å²) in [5.41, 5.74) is 2.25. The Morgan fingerprint density at radius 2 is 0.897 bits per heavy atom. The Balaban J connectivity index is 0.000000200. The maximum Gasteiger partial charge on any atom is 2.00 e. The minimum absolute atomic E-state index is 0. The van der Waals surface area contributed by atoms with E-state index in [9.17, 15) is 10.2 Å². The van der Waals surface area contributed by atoms with E-state index in [4.69, 9.17) is 0 Å². The van der Waals surface area contributed by atoms with Gasteiger partial charge in [-0.15, -0.1) is 22.7 Å². The van der Waals surface area contributed by atoms with Crippen LogP contribution in [-0.4, -0.2) is 47.8 Å². The summed E-state index contributed by atoms with van der Waals surface area (Å²) in [7, 11) is 0. The van der Waals surface area contributed by atoms with Gasteiger partial charge in [-0.2, -0.15) is 0 Å². The molecule has 0 aliphatic heterocycles. The van der Waals surface area contributed by atoms with Crippen LogP contribution >= 0.6 is 47.1 Å². The average molecular weight is 479 g/mol. The van der Waals surface area contributed by atoms with Gasteiger partial charge in [-0.05, 0) is 45.5 Å². The third-order valence-corrected chi connectivity index (χ3v) is 6.70. The van der Waals surface area contributed by atoms with Crippen molar-refractivity contribution >= 4 is 94.9 Å². The Bertz CT molecular complexity index is 985. The number of hydrogen-bond donors (Lipinski definition) is 0. The summed E-state index contributed by atoms with van der Waals surface area (Å²) in [4.78, 5) is 3.44. The van der Waals surface area contributed by atoms with E-state index in [1.807, 2.05) is 72.8 Å². The van der Waals surface area contributed by atoms with Crippen molar-refractivity contribution in [3.8, 4) is 20.9 Å². The molecule has 2 heterocycles. The zero-order valence-corrected chi connectivity index (χ0v) is 20.7. The van der Waals surface area contributed by atoms with Crippen LogP contribution in [0.4, 0.5) is 0 Å². The molecule has 4 aromatic rings. The molecule has 29 heavy (non-hydrogen) atoms. The van der Waals surface area contributed by atoms with Crippen LogP contribution in [0.1, 0.15) is 9.75 Å². The van der Waals surface area contributed by atoms with Gasteiger partial charge >= 0.3 is 37.7 Å². The van der Waals surface area contributed by atoms with Gasteiger partial charge in [-0.1, -0.05) is 85.1 Å². The molecule has 140 valence electrons. The molecule has 0 aliphatic rings. The Hall–Kier alpha value is -1.12. The van der Waals surface area contributed by atoms with Crippen LogP contribution in [-0.2, 0) is 0 Å². The van der Waals surface area contributed by atoms with E-state index in [-0.39, 0.29) is 47.8 Å². The maximum absolute atomic E-state index is 10.9. The Morgan fingerprint density at radius 3 is 1.17 bits per heavy atom. The third-order valence-electron chi connectivity index (χ3n) is 3.73. The topological polar surface area (TPSA) is 46.1 Å². The second kappa shape index (κ2) is 11.9. The molecule has 0 aliphatic carbocycles. The van der Waals surface area contributed by atoms with E-state index in [0.717, 1.165) is 20.9 Å². The number of benzene rings is 2. The maximum atomic E-state index is 10.9. The Kier molecular flexibility index (Phi) is 9.92. The fourth-order valence-electron chi connectivity index (χ4n) is 2.41. The molecule has 0 radical (unpaired) electrons. The van der Waals surface area contributed by atoms with Gasteiger partial charge in [0.15, 0.2) is 0 Å². The van der Waals surface area contributed by atoms with Crippen molar-refractivity contribution < 1.29 is 10.2 Å². The minimum Gasteiger partial charge on any atom is -0.863 e. The Labute approximate surface area is 218 Å². The van der Waals surface area contributed by atoms with Gasteiger partial charge in [0.05, 0.1) is 0 Å². The van der Waals surface area contributed by atoms with Crippen LogP contribution in [0.5, 0.6) is 0 Å². The van der Waals surface area contributed by atoms with Crippen LogP contribution in [0.3, 0.4) is 0 Å². The van der Waals surface area contributed by atoms with Crippen LogP contribution in [0.2, 0.25) is 0 Å². The molecular weight excluding hydrogens is 465 g/mol. The summed E-state index contributed by atoms with van der Waals surface area (Å²) >= 11 is 12.0. The zero-order valence-electron chi connectivity index (χ0n) is 15.2. The van der Waals surface area contributed by atoms with E-state index in [0.29, 0.717) is 9.75 Å². The quantitative estimate of drug-likeness (QED) is 0.320. The summed E-state index contributed by atoms with van der Waals surface area (Å²) in [5.74, 6) is 0. The van der Waals surface area contributed by atoms with E-state index in [1.165, 1.54) is 22.7 Å². The molecule has 0 atom stereocenters. The van der Waals surface area contributed by atoms with Crippen molar-refractivity contribution in [1.29, 1.82) is 0 Å². The fraction of sp³-hybridized carbons (Fsp3) is 0. The first kappa shape index (κ1) is 24.2. The molecule has 0 fully saturated rings. The molecule has 0 amide bonds. The summed E-state index contributed by atoms with van der Waals surface area (Å²) in [6.07, 6.45) is 0. The van der Waals surface area contributed by atoms with Gasteiger partial charge in [-0.25, -0.2) is 0 Å². The molecule has 2 nitrogen and oxygen atoms in total. The first-order chi connectivity index (χ1) is 13.5. The van der Waals surface area contributed by atoms with Crippen molar-refractivity contribution in [1.82, 2.24) is 0 Å². The van der Waals surface area contributed by atoms with Gasteiger partial charge in [0.2, 0.25) is 0 Å². The van der Waals surface area contributed by atoms with Crippen LogP contribution in [0.15, 0.2) is 84.9 Å². The first-order valence-corrected chi connectivity index (χ1v) is 10.7. The van der Waals surface area contributed by atoms with Crippen LogP contribution < -0.4 is 10.2 Å². The molecule has 0 saturated carbocycles. The van der Waals surface area contributed by atoms with E-state index in [2.05, 4.69) is 24.4 Å². The molecule has 0 N–H and O–H groups in total. The van der Waals surface area contributed by atoms with Gasteiger partial charge in [0.1, 0.15) is 0 Å². The summed E-state index contributed by atoms with van der Waals surface area (Å²) < 4.78 is 0. The van der Waals surface area contributed by atoms with E-state index >= 15 is 0 Å². The molecule has 2 aromatic heterocycles. The van der Waals surface area contributed by atoms with Crippen molar-refractivity contribution in [2.24, 2.45) is 0 Å². The SMILES string of the molecule is [Ca+2].[O-]C(=S)c1ccc(-c2ccccc2)s1.[O-]C(=S)c1ccc(-c2ccccc2)s1. The summed E-state index contributed by atoms with van der Waals surface area (Å²) in [6.45, 7) is 0. The second-order valence-corrected chi connectivity index (χ2v) is 8.54. The van der Waals surface area contributed by atoms with Gasteiger partial charge in [-0.3, -0.25) is 0 Å². The molecule has 4 rings (SSSR count). The monoisotopic (exact) mass is 478 g/mol. The van der Waals surface area contributed by atoms with Crippen molar-refractivity contribution in [2.45, 2.75) is 0 Å². The zero-order chi connectivity index (χ0) is 19.9. The first-order valence-electron chi connectivity index (χ1n) is 8.28. The average Bonchev–Trinajstić information content (AvgIpc) is 3.40. The van der Waals surface area contributed by atoms with Crippen molar-refractivity contribution in [2.75, 3.05) is 0 Å². The van der Waals surface area contributed by atoms with Gasteiger partial charge in [0, 0.05) is 19.5 Å². The molecule has 0 spiro atoms. The van der Waals surface area contributed by atoms with E-state index < -0.39 is 0 Å². The van der Waals surface area contributed by atoms with Gasteiger partial charge < -0.3 is 10.2 Å². The van der Waals surface area contributed by atoms with Crippen LogP contribution in [0, 0.1) is 0 Å². The van der Waals surface area contributed by atoms with Gasteiger partial charge in [0.25, 0.3) is 0 Å². The molecule has 0 unspecified atom stereocenters. The Morgan fingerprint density at radius 1 is 0.552 bits per heavy atom. The molecular formula is C22H14CaO2S4. The number of hydrogen-bond acceptors (Lipinski definition) is 6. The largest absolute Gasteiger partial charge is 2.00 e. The fourth-order valence-corrected chi connectivity index (χ4v) is 4.49. The molecule has 0 bridgehead atoms. The number of rotatable bonds is 4. The van der Waals surface area contributed by atoms with Crippen LogP contribution in [0.25, 0.3) is 20.9 Å². The number of thiocarbonyl (C=S) groups is 2. The molecule has 7 heteroatoms. The summed E-state index contributed by atoms with van der Waals surface area (Å²) in [5, 5.41) is 21.3. The van der Waals surface area contributed by atoms with Crippen molar-refractivity contribution in [3.63, 3.8) is 0 Å². The minimum atomic E-state index is -0.280. The molecule has 2 aromatic carbocycles. The standard InChI is InChI=1S/2C11H8OS2.Ca/c2*12-11(13)10-7-6-9(14-10)8-4-2-1-3-5-8;/h2*1-7H,(H,12,13);/q;;+2/p-2. The smallest absolute Gasteiger partial charge is 0.863 e. The molecule has 0 saturated heterocycles. The van der Waals surface area contributed by atoms with E-state index in [1.54, 1.807) is 12.1 Å². The summed E-state index contributed by atoms with van der Waals surface area (Å²) in [6, 6.07) is 27.3. The number of thiophene rings is 2. The normalized spacial score (nSPS) is 9.66. The van der Waals surface area contributed by atoms with Crippen molar-refractivity contribution in [3.05, 3.63) is 94.7 Å². The predicted molar refractivity (Wildman–Crippen MR) is 129 cm³/mol.